The minimum Gasteiger partial charge on any atom is -0.493 e. The van der Waals surface area contributed by atoms with Crippen LogP contribution in [0.5, 0.6) is 5.75 Å². The van der Waals surface area contributed by atoms with Crippen molar-refractivity contribution in [2.24, 2.45) is 0 Å². The Morgan fingerprint density at radius 1 is 1.39 bits per heavy atom. The van der Waals surface area contributed by atoms with Gasteiger partial charge in [0.05, 0.1) is 6.61 Å². The Labute approximate surface area is 106 Å². The molecule has 0 saturated carbocycles. The highest BCUT2D eigenvalue weighted by atomic mass is 16.5. The SMILES string of the molecule is CCOc1ccccc1C(C(=O)O)N(C)C(C)=O. The predicted molar refractivity (Wildman–Crippen MR) is 66.4 cm³/mol. The molecule has 0 aromatic heterocycles. The van der Waals surface area contributed by atoms with Crippen LogP contribution >= 0.6 is 0 Å². The summed E-state index contributed by atoms with van der Waals surface area (Å²) in [5, 5.41) is 9.29. The number of amides is 1. The van der Waals surface area contributed by atoms with Crippen LogP contribution in [0.25, 0.3) is 0 Å². The molecular formula is C13H17NO4. The van der Waals surface area contributed by atoms with Gasteiger partial charge in [0.25, 0.3) is 0 Å². The van der Waals surface area contributed by atoms with E-state index in [9.17, 15) is 14.7 Å². The maximum Gasteiger partial charge on any atom is 0.331 e. The van der Waals surface area contributed by atoms with Crippen LogP contribution in [0.2, 0.25) is 0 Å². The highest BCUT2D eigenvalue weighted by molar-refractivity contribution is 5.83. The summed E-state index contributed by atoms with van der Waals surface area (Å²) in [6.07, 6.45) is 0. The van der Waals surface area contributed by atoms with Crippen molar-refractivity contribution >= 4 is 11.9 Å². The normalized spacial score (nSPS) is 11.7. The van der Waals surface area contributed by atoms with E-state index in [0.29, 0.717) is 17.9 Å². The monoisotopic (exact) mass is 251 g/mol. The lowest BCUT2D eigenvalue weighted by Gasteiger charge is -2.25. The molecule has 0 aliphatic carbocycles. The van der Waals surface area contributed by atoms with E-state index < -0.39 is 12.0 Å². The minimum atomic E-state index is -1.08. The van der Waals surface area contributed by atoms with E-state index in [4.69, 9.17) is 4.74 Å². The molecule has 0 saturated heterocycles. The Morgan fingerprint density at radius 2 is 2.00 bits per heavy atom. The summed E-state index contributed by atoms with van der Waals surface area (Å²) in [6.45, 7) is 3.59. The van der Waals surface area contributed by atoms with Gasteiger partial charge >= 0.3 is 5.97 Å². The van der Waals surface area contributed by atoms with Gasteiger partial charge < -0.3 is 14.7 Å². The number of aliphatic carboxylic acids is 1. The van der Waals surface area contributed by atoms with Crippen LogP contribution in [-0.4, -0.2) is 35.5 Å². The molecule has 0 aliphatic heterocycles. The van der Waals surface area contributed by atoms with Gasteiger partial charge in [-0.25, -0.2) is 4.79 Å². The van der Waals surface area contributed by atoms with Gasteiger partial charge in [-0.05, 0) is 13.0 Å². The van der Waals surface area contributed by atoms with Crippen LogP contribution in [-0.2, 0) is 9.59 Å². The van der Waals surface area contributed by atoms with E-state index in [0.717, 1.165) is 0 Å². The van der Waals surface area contributed by atoms with E-state index in [1.165, 1.54) is 18.9 Å². The topological polar surface area (TPSA) is 66.8 Å². The molecular weight excluding hydrogens is 234 g/mol. The summed E-state index contributed by atoms with van der Waals surface area (Å²) in [4.78, 5) is 23.9. The average molecular weight is 251 g/mol. The molecule has 0 bridgehead atoms. The lowest BCUT2D eigenvalue weighted by Crippen LogP contribution is -2.34. The first-order valence-corrected chi connectivity index (χ1v) is 5.67. The fraction of sp³-hybridized carbons (Fsp3) is 0.385. The van der Waals surface area contributed by atoms with Gasteiger partial charge in [-0.15, -0.1) is 0 Å². The molecule has 5 nitrogen and oxygen atoms in total. The van der Waals surface area contributed by atoms with Gasteiger partial charge in [-0.2, -0.15) is 0 Å². The molecule has 1 amide bonds. The summed E-state index contributed by atoms with van der Waals surface area (Å²) in [6, 6.07) is 5.81. The van der Waals surface area contributed by atoms with Crippen LogP contribution < -0.4 is 4.74 Å². The Bertz CT molecular complexity index is 444. The number of carboxylic acids is 1. The number of carboxylic acid groups (broad SMARTS) is 1. The average Bonchev–Trinajstić information content (AvgIpc) is 2.31. The molecule has 1 atom stereocenters. The third-order valence-electron chi connectivity index (χ3n) is 2.63. The van der Waals surface area contributed by atoms with Gasteiger partial charge in [0.2, 0.25) is 5.91 Å². The van der Waals surface area contributed by atoms with Crippen LogP contribution in [0.4, 0.5) is 0 Å². The molecule has 0 radical (unpaired) electrons. The van der Waals surface area contributed by atoms with Gasteiger partial charge in [-0.1, -0.05) is 18.2 Å². The summed E-state index contributed by atoms with van der Waals surface area (Å²) >= 11 is 0. The molecule has 1 aromatic carbocycles. The minimum absolute atomic E-state index is 0.311. The van der Waals surface area contributed by atoms with Crippen molar-refractivity contribution in [3.05, 3.63) is 29.8 Å². The van der Waals surface area contributed by atoms with Crippen LogP contribution in [0.3, 0.4) is 0 Å². The standard InChI is InChI=1S/C13H17NO4/c1-4-18-11-8-6-5-7-10(11)12(13(16)17)14(3)9(2)15/h5-8,12H,4H2,1-3H3,(H,16,17). The number of carbonyl (C=O) groups is 2. The molecule has 0 spiro atoms. The predicted octanol–water partition coefficient (Wildman–Crippen LogP) is 1.69. The summed E-state index contributed by atoms with van der Waals surface area (Å²) < 4.78 is 5.40. The quantitative estimate of drug-likeness (QED) is 0.864. The van der Waals surface area contributed by atoms with Gasteiger partial charge in [0.1, 0.15) is 5.75 Å². The highest BCUT2D eigenvalue weighted by Gasteiger charge is 2.29. The van der Waals surface area contributed by atoms with Gasteiger partial charge in [0, 0.05) is 19.5 Å². The molecule has 1 unspecified atom stereocenters. The van der Waals surface area contributed by atoms with Gasteiger partial charge in [0.15, 0.2) is 6.04 Å². The van der Waals surface area contributed by atoms with E-state index in [-0.39, 0.29) is 5.91 Å². The molecule has 1 rings (SSSR count). The van der Waals surface area contributed by atoms with Crippen LogP contribution in [0, 0.1) is 0 Å². The number of rotatable bonds is 5. The van der Waals surface area contributed by atoms with Crippen molar-refractivity contribution in [2.45, 2.75) is 19.9 Å². The highest BCUT2D eigenvalue weighted by Crippen LogP contribution is 2.29. The zero-order valence-electron chi connectivity index (χ0n) is 10.7. The Morgan fingerprint density at radius 3 is 2.50 bits per heavy atom. The first-order chi connectivity index (χ1) is 8.49. The second-order valence-corrected chi connectivity index (χ2v) is 3.84. The van der Waals surface area contributed by atoms with Crippen molar-refractivity contribution in [2.75, 3.05) is 13.7 Å². The third-order valence-corrected chi connectivity index (χ3v) is 2.63. The molecule has 98 valence electrons. The fourth-order valence-corrected chi connectivity index (χ4v) is 1.68. The van der Waals surface area contributed by atoms with Crippen molar-refractivity contribution in [3.63, 3.8) is 0 Å². The second-order valence-electron chi connectivity index (χ2n) is 3.84. The number of para-hydroxylation sites is 1. The van der Waals surface area contributed by atoms with E-state index in [1.807, 2.05) is 6.92 Å². The molecule has 1 aromatic rings. The number of benzene rings is 1. The molecule has 18 heavy (non-hydrogen) atoms. The van der Waals surface area contributed by atoms with Crippen molar-refractivity contribution in [1.82, 2.24) is 4.90 Å². The number of likely N-dealkylation sites (N-methyl/N-ethyl adjacent to an activating group) is 1. The lowest BCUT2D eigenvalue weighted by atomic mass is 10.0. The maximum atomic E-state index is 11.4. The van der Waals surface area contributed by atoms with Crippen LogP contribution in [0.1, 0.15) is 25.5 Å². The van der Waals surface area contributed by atoms with E-state index >= 15 is 0 Å². The van der Waals surface area contributed by atoms with Gasteiger partial charge in [-0.3, -0.25) is 4.79 Å². The van der Waals surface area contributed by atoms with Crippen molar-refractivity contribution < 1.29 is 19.4 Å². The molecule has 0 heterocycles. The summed E-state index contributed by atoms with van der Waals surface area (Å²) in [7, 11) is 1.46. The maximum absolute atomic E-state index is 11.4. The second kappa shape index (κ2) is 6.05. The zero-order chi connectivity index (χ0) is 13.7. The van der Waals surface area contributed by atoms with Crippen molar-refractivity contribution in [3.8, 4) is 5.75 Å². The molecule has 1 N–H and O–H groups in total. The third kappa shape index (κ3) is 3.00. The van der Waals surface area contributed by atoms with Crippen molar-refractivity contribution in [1.29, 1.82) is 0 Å². The smallest absolute Gasteiger partial charge is 0.331 e. The fourth-order valence-electron chi connectivity index (χ4n) is 1.68. The number of hydrogen-bond donors (Lipinski definition) is 1. The summed E-state index contributed by atoms with van der Waals surface area (Å²) in [5.41, 5.74) is 0.476. The molecule has 0 aliphatic rings. The molecule has 5 heteroatoms. The number of nitrogens with zero attached hydrogens (tertiary/aromatic N) is 1. The first-order valence-electron chi connectivity index (χ1n) is 5.67. The number of hydrogen-bond acceptors (Lipinski definition) is 3. The largest absolute Gasteiger partial charge is 0.493 e. The molecule has 0 fully saturated rings. The lowest BCUT2D eigenvalue weighted by molar-refractivity contribution is -0.148. The number of ether oxygens (including phenoxy) is 1. The van der Waals surface area contributed by atoms with E-state index in [2.05, 4.69) is 0 Å². The number of carbonyl (C=O) groups excluding carboxylic acids is 1. The van der Waals surface area contributed by atoms with Crippen LogP contribution in [0.15, 0.2) is 24.3 Å². The Balaban J connectivity index is 3.21. The Kier molecular flexibility index (Phi) is 4.71. The Hall–Kier alpha value is -2.04. The van der Waals surface area contributed by atoms with E-state index in [1.54, 1.807) is 24.3 Å². The first kappa shape index (κ1) is 14.0. The summed E-state index contributed by atoms with van der Waals surface area (Å²) in [5.74, 6) is -0.908. The zero-order valence-corrected chi connectivity index (χ0v) is 10.7.